The third-order valence-corrected chi connectivity index (χ3v) is 18.4. The first-order valence-corrected chi connectivity index (χ1v) is 44.1. The van der Waals surface area contributed by atoms with Crippen LogP contribution >= 0.6 is 0 Å². The quantitative estimate of drug-likeness (QED) is 0.105. The van der Waals surface area contributed by atoms with Crippen LogP contribution in [-0.4, -0.2) is 10.9 Å². The fourth-order valence-corrected chi connectivity index (χ4v) is 12.6. The molecule has 0 spiro atoms. The van der Waals surface area contributed by atoms with E-state index < -0.39 is 0 Å². The average Bonchev–Trinajstić information content (AvgIpc) is 3.11. The molecule has 0 aliphatic carbocycles. The van der Waals surface area contributed by atoms with Crippen LogP contribution in [0.2, 0.25) is 26.2 Å². The van der Waals surface area contributed by atoms with Crippen LogP contribution in [-0.2, 0) is 46.7 Å². The van der Waals surface area contributed by atoms with Gasteiger partial charge in [0.2, 0.25) is 0 Å². The van der Waals surface area contributed by atoms with Crippen molar-refractivity contribution in [3.63, 3.8) is 0 Å². The molecule has 0 bridgehead atoms. The van der Waals surface area contributed by atoms with Gasteiger partial charge in [0, 0.05) is 0 Å². The molecule has 0 N–H and O–H groups in total. The monoisotopic (exact) mass is 1410 g/mol. The maximum Gasteiger partial charge on any atom is -0.00275 e. The van der Waals surface area contributed by atoms with Gasteiger partial charge in [-0.3, -0.25) is 0 Å². The van der Waals surface area contributed by atoms with Crippen molar-refractivity contribution < 1.29 is 71.5 Å². The van der Waals surface area contributed by atoms with Crippen molar-refractivity contribution >= 4 is 54.0 Å². The van der Waals surface area contributed by atoms with Crippen LogP contribution in [0.15, 0.2) is 194 Å². The molecule has 4 atom stereocenters. The molecule has 0 nitrogen and oxygen atoms in total. The average molecular weight is 1420 g/mol. The second-order valence-corrected chi connectivity index (χ2v) is 44.1. The van der Waals surface area contributed by atoms with Gasteiger partial charge in [0.15, 0.2) is 0 Å². The molecule has 0 heterocycles. The van der Waals surface area contributed by atoms with Crippen LogP contribution < -0.4 is 24.8 Å². The zero-order valence-electron chi connectivity index (χ0n) is 57.5. The van der Waals surface area contributed by atoms with Gasteiger partial charge in [0.05, 0.1) is 0 Å². The summed E-state index contributed by atoms with van der Waals surface area (Å²) in [5.41, 5.74) is 28.6. The Morgan fingerprint density at radius 3 is 0.578 bits per heavy atom. The first-order chi connectivity index (χ1) is 41.8. The van der Waals surface area contributed by atoms with E-state index in [-0.39, 0.29) is 35.7 Å². The molecule has 0 saturated heterocycles. The van der Waals surface area contributed by atoms with Gasteiger partial charge >= 0.3 is 83.7 Å². The minimum absolute atomic E-state index is 0. The topological polar surface area (TPSA) is 0 Å². The van der Waals surface area contributed by atoms with Gasteiger partial charge in [-0.25, -0.2) is 0 Å². The normalized spacial score (nSPS) is 12.0. The number of benzene rings is 8. The zero-order chi connectivity index (χ0) is 64.3. The molecule has 0 aliphatic heterocycles. The predicted octanol–water partition coefficient (Wildman–Crippen LogP) is 18.1. The number of fused-ring (bicyclic) bond motifs is 4. The van der Waals surface area contributed by atoms with Crippen molar-refractivity contribution in [2.24, 2.45) is 0 Å². The first kappa shape index (κ1) is 75.7. The van der Waals surface area contributed by atoms with Crippen molar-refractivity contribution in [3.8, 4) is 0 Å². The Morgan fingerprint density at radius 2 is 0.422 bits per heavy atom. The predicted molar refractivity (Wildman–Crippen MR) is 386 cm³/mol. The van der Waals surface area contributed by atoms with Gasteiger partial charge in [0.25, 0.3) is 0 Å². The number of hydrogen-bond acceptors (Lipinski definition) is 0. The van der Waals surface area contributed by atoms with Gasteiger partial charge in [-0.1, -0.05) is 279 Å². The Bertz CT molecular complexity index is 3750. The van der Waals surface area contributed by atoms with Crippen LogP contribution in [0.3, 0.4) is 0 Å². The summed E-state index contributed by atoms with van der Waals surface area (Å²) in [6.07, 6.45) is 0. The molecular weight excluding hydrogens is 1320 g/mol. The fourth-order valence-electron chi connectivity index (χ4n) is 12.6. The second kappa shape index (κ2) is 34.8. The van der Waals surface area contributed by atoms with Crippen molar-refractivity contribution in [2.75, 3.05) is 0 Å². The molecule has 0 amide bonds. The van der Waals surface area contributed by atoms with E-state index in [4.69, 9.17) is 0 Å². The Kier molecular flexibility index (Phi) is 29.2. The summed E-state index contributed by atoms with van der Waals surface area (Å²) in [5.74, 6) is 1.72. The van der Waals surface area contributed by atoms with E-state index in [1.54, 1.807) is 46.7 Å². The number of halogens is 2. The van der Waals surface area contributed by atoms with E-state index in [9.17, 15) is 0 Å². The third kappa shape index (κ3) is 18.2. The van der Waals surface area contributed by atoms with Gasteiger partial charge in [-0.15, -0.1) is 136 Å². The van der Waals surface area contributed by atoms with E-state index in [0.29, 0.717) is 23.7 Å². The largest absolute Gasteiger partial charge is 1.00 e. The molecule has 12 rings (SSSR count). The van der Waals surface area contributed by atoms with Crippen LogP contribution in [0.1, 0.15) is 163 Å². The standard InChI is InChI=1S/4C20H21.2C2H6Si.2ClH.2Zr/c4*1-13-10-11-18(16(4)17-8-6-5-7-9-17)20-15(3)14(2)12-19(13)20;2*1-3-2;;;;/h4*5-12,16H,1-4H3;2*1-2H3;2*1H;;/q4*-1;;;;;2*+2/p-2. The van der Waals surface area contributed by atoms with E-state index in [1.807, 2.05) is 0 Å². The molecule has 12 aromatic carbocycles. The molecule has 90 heavy (non-hydrogen) atoms. The van der Waals surface area contributed by atoms with Crippen LogP contribution in [0.5, 0.6) is 0 Å². The molecule has 0 aliphatic rings. The molecule has 4 unspecified atom stereocenters. The summed E-state index contributed by atoms with van der Waals surface area (Å²) in [5, 5.41) is 11.5. The van der Waals surface area contributed by atoms with E-state index in [1.165, 1.54) is 154 Å². The third-order valence-electron chi connectivity index (χ3n) is 18.4. The Labute approximate surface area is 585 Å². The molecule has 0 saturated carbocycles. The molecule has 0 aromatic heterocycles. The molecule has 12 aromatic rings. The minimum atomic E-state index is 0. The summed E-state index contributed by atoms with van der Waals surface area (Å²) in [6.45, 7) is 45.1. The smallest absolute Gasteiger partial charge is 0.00275 e. The van der Waals surface area contributed by atoms with Crippen molar-refractivity contribution in [1.82, 2.24) is 0 Å². The van der Waals surface area contributed by atoms with Crippen LogP contribution in [0.4, 0.5) is 0 Å². The molecular formula is C84H96Cl2Si2Zr2-2. The maximum atomic E-state index is 2.33. The molecule has 464 valence electrons. The Balaban J connectivity index is 0.000000208. The zero-order valence-corrected chi connectivity index (χ0v) is 66.0. The van der Waals surface area contributed by atoms with E-state index >= 15 is 0 Å². The number of hydrogen-bond donors (Lipinski definition) is 0. The fraction of sp³-hybridized carbons (Fsp3) is 0.286. The molecule has 6 heteroatoms. The summed E-state index contributed by atoms with van der Waals surface area (Å²) < 4.78 is 0. The maximum absolute atomic E-state index is 2.33. The summed E-state index contributed by atoms with van der Waals surface area (Å²) in [6, 6.07) is 70.7. The summed E-state index contributed by atoms with van der Waals surface area (Å²) in [7, 11) is 0. The SMILES string of the molecule is C[Si](C)=[Zr+2].C[Si](C)=[Zr+2].Cc1[cH-]c2c(C)ccc(C(C)c3ccccc3)c2c1C.Cc1[cH-]c2c(C)ccc(C(C)c3ccccc3)c2c1C.Cc1[cH-]c2c(C)ccc(C(C)c3ccccc3)c2c1C.Cc1[cH-]c2c(C)ccc(C(C)c3ccccc3)c2c1C.[Cl-].[Cl-]. The van der Waals surface area contributed by atoms with Gasteiger partial charge in [-0.05, 0) is 45.9 Å². The van der Waals surface area contributed by atoms with Crippen molar-refractivity contribution in [1.29, 1.82) is 0 Å². The number of aryl methyl sites for hydroxylation is 12. The van der Waals surface area contributed by atoms with Gasteiger partial charge in [0.1, 0.15) is 0 Å². The molecule has 0 radical (unpaired) electrons. The number of rotatable bonds is 8. The second-order valence-electron chi connectivity index (χ2n) is 25.4. The first-order valence-electron chi connectivity index (χ1n) is 31.7. The van der Waals surface area contributed by atoms with Crippen molar-refractivity contribution in [2.45, 2.75) is 161 Å². The van der Waals surface area contributed by atoms with Crippen LogP contribution in [0.25, 0.3) is 43.1 Å². The summed E-state index contributed by atoms with van der Waals surface area (Å²) in [4.78, 5) is 0. The summed E-state index contributed by atoms with van der Waals surface area (Å²) >= 11 is 3.48. The Hall–Kier alpha value is -5.02. The van der Waals surface area contributed by atoms with Crippen LogP contribution in [0, 0.1) is 83.1 Å². The Morgan fingerprint density at radius 1 is 0.267 bits per heavy atom. The van der Waals surface area contributed by atoms with Gasteiger partial charge < -0.3 is 24.8 Å². The van der Waals surface area contributed by atoms with E-state index in [2.05, 4.69) is 331 Å². The minimum Gasteiger partial charge on any atom is -1.00 e. The van der Waals surface area contributed by atoms with Crippen molar-refractivity contribution in [3.05, 3.63) is 305 Å². The molecule has 0 fully saturated rings. The van der Waals surface area contributed by atoms with E-state index in [0.717, 1.165) is 0 Å². The van der Waals surface area contributed by atoms with Gasteiger partial charge in [-0.2, -0.15) is 22.3 Å².